The van der Waals surface area contributed by atoms with Gasteiger partial charge in [-0.15, -0.1) is 0 Å². The van der Waals surface area contributed by atoms with Gasteiger partial charge in [0, 0.05) is 18.9 Å². The SMILES string of the molecule is CO[P@]1(=O)OC(C)=C(C)c2cccn21. The molecule has 0 saturated carbocycles. The highest BCUT2D eigenvalue weighted by Gasteiger charge is 2.34. The molecule has 0 aliphatic carbocycles. The molecular formula is C9H12NO3P. The van der Waals surface area contributed by atoms with Gasteiger partial charge in [0.25, 0.3) is 0 Å². The Balaban J connectivity index is 2.67. The summed E-state index contributed by atoms with van der Waals surface area (Å²) in [6.45, 7) is 3.72. The zero-order valence-corrected chi connectivity index (χ0v) is 9.25. The van der Waals surface area contributed by atoms with E-state index < -0.39 is 7.75 Å². The minimum Gasteiger partial charge on any atom is -0.413 e. The van der Waals surface area contributed by atoms with E-state index in [9.17, 15) is 4.57 Å². The van der Waals surface area contributed by atoms with Gasteiger partial charge in [-0.05, 0) is 26.0 Å². The quantitative estimate of drug-likeness (QED) is 0.673. The molecule has 1 aromatic rings. The van der Waals surface area contributed by atoms with Crippen LogP contribution < -0.4 is 0 Å². The highest BCUT2D eigenvalue weighted by Crippen LogP contribution is 2.55. The van der Waals surface area contributed by atoms with Crippen molar-refractivity contribution < 1.29 is 13.6 Å². The van der Waals surface area contributed by atoms with E-state index in [1.54, 1.807) is 17.5 Å². The Kier molecular flexibility index (Phi) is 2.05. The lowest BCUT2D eigenvalue weighted by molar-refractivity contribution is 0.270. The normalized spacial score (nSPS) is 25.9. The van der Waals surface area contributed by atoms with Crippen LogP contribution in [0, 0.1) is 0 Å². The second-order valence-corrected chi connectivity index (χ2v) is 5.08. The third-order valence-electron chi connectivity index (χ3n) is 2.39. The van der Waals surface area contributed by atoms with Crippen molar-refractivity contribution in [2.45, 2.75) is 13.8 Å². The van der Waals surface area contributed by atoms with Gasteiger partial charge in [-0.25, -0.2) is 8.90 Å². The van der Waals surface area contributed by atoms with Crippen LogP contribution in [0.4, 0.5) is 0 Å². The smallest absolute Gasteiger partial charge is 0.413 e. The number of hydrogen-bond donors (Lipinski definition) is 0. The molecule has 1 atom stereocenters. The molecule has 2 rings (SSSR count). The van der Waals surface area contributed by atoms with Crippen molar-refractivity contribution in [3.05, 3.63) is 29.8 Å². The summed E-state index contributed by atoms with van der Waals surface area (Å²) in [7, 11) is -1.78. The lowest BCUT2D eigenvalue weighted by Crippen LogP contribution is -2.10. The van der Waals surface area contributed by atoms with Crippen LogP contribution in [0.15, 0.2) is 24.1 Å². The Morgan fingerprint density at radius 3 is 2.86 bits per heavy atom. The predicted octanol–water partition coefficient (Wildman–Crippen LogP) is 2.87. The molecular weight excluding hydrogens is 201 g/mol. The fourth-order valence-corrected chi connectivity index (χ4v) is 3.02. The minimum absolute atomic E-state index is 0.654. The van der Waals surface area contributed by atoms with E-state index in [2.05, 4.69) is 0 Å². The van der Waals surface area contributed by atoms with Crippen LogP contribution in [-0.2, 0) is 13.6 Å². The van der Waals surface area contributed by atoms with E-state index in [1.165, 1.54) is 7.11 Å². The van der Waals surface area contributed by atoms with Gasteiger partial charge in [-0.2, -0.15) is 0 Å². The molecule has 14 heavy (non-hydrogen) atoms. The summed E-state index contributed by atoms with van der Waals surface area (Å²) in [6, 6.07) is 3.72. The largest absolute Gasteiger partial charge is 0.492 e. The molecule has 1 aromatic heterocycles. The maximum absolute atomic E-state index is 12.1. The van der Waals surface area contributed by atoms with Gasteiger partial charge >= 0.3 is 7.75 Å². The number of allylic oxidation sites excluding steroid dienone is 2. The predicted molar refractivity (Wildman–Crippen MR) is 53.8 cm³/mol. The fraction of sp³-hybridized carbons (Fsp3) is 0.333. The van der Waals surface area contributed by atoms with Crippen molar-refractivity contribution in [3.8, 4) is 0 Å². The van der Waals surface area contributed by atoms with Crippen LogP contribution in [0.5, 0.6) is 0 Å². The molecule has 2 heterocycles. The maximum atomic E-state index is 12.1. The number of rotatable bonds is 1. The Labute approximate surface area is 82.7 Å². The first-order valence-electron chi connectivity index (χ1n) is 4.30. The summed E-state index contributed by atoms with van der Waals surface area (Å²) in [5.74, 6) is 0.654. The first kappa shape index (κ1) is 9.56. The zero-order valence-electron chi connectivity index (χ0n) is 8.35. The van der Waals surface area contributed by atoms with E-state index in [4.69, 9.17) is 9.05 Å². The molecule has 5 heteroatoms. The van der Waals surface area contributed by atoms with Crippen LogP contribution in [0.2, 0.25) is 0 Å². The summed E-state index contributed by atoms with van der Waals surface area (Å²) in [5.41, 5.74) is 1.87. The highest BCUT2D eigenvalue weighted by molar-refractivity contribution is 7.52. The van der Waals surface area contributed by atoms with Crippen molar-refractivity contribution in [3.63, 3.8) is 0 Å². The standard InChI is InChI=1S/C9H12NO3P/c1-7-8(2)13-14(11,12-3)10-6-4-5-9(7)10/h4-6H,1-3H3/t14-/m0/s1. The topological polar surface area (TPSA) is 40.5 Å². The second-order valence-electron chi connectivity index (χ2n) is 3.16. The Bertz CT molecular complexity index is 447. The van der Waals surface area contributed by atoms with Gasteiger partial charge in [0.1, 0.15) is 5.76 Å². The summed E-state index contributed by atoms with van der Waals surface area (Å²) >= 11 is 0. The second kappa shape index (κ2) is 3.01. The molecule has 0 unspecified atom stereocenters. The molecule has 0 spiro atoms. The Hall–Kier alpha value is -0.990. The van der Waals surface area contributed by atoms with Gasteiger partial charge in [-0.1, -0.05) is 0 Å². The summed E-state index contributed by atoms with van der Waals surface area (Å²) < 4.78 is 23.9. The molecule has 0 saturated heterocycles. The summed E-state index contributed by atoms with van der Waals surface area (Å²) in [6.07, 6.45) is 1.70. The first-order valence-corrected chi connectivity index (χ1v) is 5.79. The van der Waals surface area contributed by atoms with Crippen LogP contribution >= 0.6 is 7.75 Å². The van der Waals surface area contributed by atoms with Crippen LogP contribution in [0.25, 0.3) is 5.57 Å². The van der Waals surface area contributed by atoms with Gasteiger partial charge in [0.15, 0.2) is 0 Å². The lowest BCUT2D eigenvalue weighted by atomic mass is 10.2. The van der Waals surface area contributed by atoms with Crippen molar-refractivity contribution in [1.82, 2.24) is 4.34 Å². The van der Waals surface area contributed by atoms with Gasteiger partial charge in [0.05, 0.1) is 5.69 Å². The number of fused-ring (bicyclic) bond motifs is 1. The van der Waals surface area contributed by atoms with Crippen molar-refractivity contribution in [1.29, 1.82) is 0 Å². The van der Waals surface area contributed by atoms with Gasteiger partial charge in [-0.3, -0.25) is 4.52 Å². The molecule has 76 valence electrons. The van der Waals surface area contributed by atoms with Crippen LogP contribution in [0.1, 0.15) is 19.5 Å². The van der Waals surface area contributed by atoms with Gasteiger partial charge in [0.2, 0.25) is 0 Å². The third-order valence-corrected chi connectivity index (χ3v) is 4.23. The Morgan fingerprint density at radius 1 is 1.50 bits per heavy atom. The minimum atomic E-state index is -3.17. The van der Waals surface area contributed by atoms with Gasteiger partial charge < -0.3 is 4.52 Å². The number of nitrogens with zero attached hydrogens (tertiary/aromatic N) is 1. The zero-order chi connectivity index (χ0) is 10.3. The molecule has 1 aliphatic heterocycles. The number of hydrogen-bond acceptors (Lipinski definition) is 3. The fourth-order valence-electron chi connectivity index (χ4n) is 1.47. The van der Waals surface area contributed by atoms with Crippen molar-refractivity contribution in [2.75, 3.05) is 7.11 Å². The van der Waals surface area contributed by atoms with E-state index in [0.717, 1.165) is 11.3 Å². The van der Waals surface area contributed by atoms with E-state index in [-0.39, 0.29) is 0 Å². The van der Waals surface area contributed by atoms with Crippen LogP contribution in [0.3, 0.4) is 0 Å². The van der Waals surface area contributed by atoms with Crippen molar-refractivity contribution >= 4 is 13.3 Å². The summed E-state index contributed by atoms with van der Waals surface area (Å²) in [5, 5.41) is 0. The molecule has 0 amide bonds. The molecule has 0 radical (unpaired) electrons. The molecule has 0 N–H and O–H groups in total. The highest BCUT2D eigenvalue weighted by atomic mass is 31.2. The molecule has 1 aliphatic rings. The monoisotopic (exact) mass is 213 g/mol. The Morgan fingerprint density at radius 2 is 2.21 bits per heavy atom. The third kappa shape index (κ3) is 1.15. The number of aromatic nitrogens is 1. The van der Waals surface area contributed by atoms with E-state index in [1.807, 2.05) is 19.1 Å². The van der Waals surface area contributed by atoms with E-state index >= 15 is 0 Å². The average molecular weight is 213 g/mol. The lowest BCUT2D eigenvalue weighted by Gasteiger charge is -2.26. The van der Waals surface area contributed by atoms with Crippen molar-refractivity contribution in [2.24, 2.45) is 0 Å². The molecule has 4 nitrogen and oxygen atoms in total. The molecule has 0 aromatic carbocycles. The van der Waals surface area contributed by atoms with E-state index in [0.29, 0.717) is 5.76 Å². The first-order chi connectivity index (χ1) is 6.58. The molecule has 0 fully saturated rings. The molecule has 0 bridgehead atoms. The maximum Gasteiger partial charge on any atom is 0.492 e. The van der Waals surface area contributed by atoms with Crippen LogP contribution in [-0.4, -0.2) is 11.4 Å². The summed E-state index contributed by atoms with van der Waals surface area (Å²) in [4.78, 5) is 0. The average Bonchev–Trinajstić information content (AvgIpc) is 2.64.